The third-order valence-electron chi connectivity index (χ3n) is 1.69. The van der Waals surface area contributed by atoms with E-state index in [1.807, 2.05) is 13.8 Å². The van der Waals surface area contributed by atoms with E-state index in [-0.39, 0.29) is 0 Å². The summed E-state index contributed by atoms with van der Waals surface area (Å²) in [5, 5.41) is 11.3. The second-order valence-electron chi connectivity index (χ2n) is 2.73. The lowest BCUT2D eigenvalue weighted by Gasteiger charge is -2.13. The second kappa shape index (κ2) is 6.77. The summed E-state index contributed by atoms with van der Waals surface area (Å²) in [5.41, 5.74) is 0. The fraction of sp³-hybridized carbons (Fsp3) is 0.750. The van der Waals surface area contributed by atoms with Gasteiger partial charge in [0, 0.05) is 11.0 Å². The number of nitrogens with one attached hydrogen (secondary N) is 1. The summed E-state index contributed by atoms with van der Waals surface area (Å²) < 4.78 is 0. The Kier molecular flexibility index (Phi) is 6.40. The third-order valence-corrected chi connectivity index (χ3v) is 3.12. The Morgan fingerprint density at radius 1 is 1.69 bits per heavy atom. The number of aliphatic carboxylic acids is 1. The zero-order valence-corrected chi connectivity index (χ0v) is 8.63. The van der Waals surface area contributed by atoms with Crippen LogP contribution in [0.5, 0.6) is 0 Å². The van der Waals surface area contributed by atoms with Crippen LogP contribution in [0.25, 0.3) is 0 Å². The number of amides is 1. The van der Waals surface area contributed by atoms with Crippen LogP contribution in [0.4, 0.5) is 0 Å². The summed E-state index contributed by atoms with van der Waals surface area (Å²) in [6, 6.07) is -0.767. The molecule has 2 N–H and O–H groups in total. The first-order chi connectivity index (χ1) is 6.11. The van der Waals surface area contributed by atoms with E-state index >= 15 is 0 Å². The molecule has 0 rings (SSSR count). The number of hydrogen-bond donors (Lipinski definition) is 2. The van der Waals surface area contributed by atoms with E-state index in [0.717, 1.165) is 6.42 Å². The smallest absolute Gasteiger partial charge is 0.327 e. The molecule has 0 aliphatic carbocycles. The zero-order chi connectivity index (χ0) is 10.3. The second-order valence-corrected chi connectivity index (χ2v) is 4.20. The maximum atomic E-state index is 10.6. The van der Waals surface area contributed by atoms with E-state index in [2.05, 4.69) is 5.32 Å². The van der Waals surface area contributed by atoms with Crippen LogP contribution in [0.1, 0.15) is 20.3 Å². The molecule has 5 heteroatoms. The molecule has 0 fully saturated rings. The van der Waals surface area contributed by atoms with Crippen LogP contribution in [-0.4, -0.2) is 34.5 Å². The Morgan fingerprint density at radius 2 is 2.31 bits per heavy atom. The largest absolute Gasteiger partial charge is 0.480 e. The van der Waals surface area contributed by atoms with Gasteiger partial charge in [-0.2, -0.15) is 11.8 Å². The number of carbonyl (C=O) groups is 2. The topological polar surface area (TPSA) is 66.4 Å². The Hall–Kier alpha value is -0.710. The van der Waals surface area contributed by atoms with Gasteiger partial charge in [0.25, 0.3) is 0 Å². The van der Waals surface area contributed by atoms with Gasteiger partial charge in [-0.25, -0.2) is 4.79 Å². The molecule has 4 nitrogen and oxygen atoms in total. The predicted molar refractivity (Wildman–Crippen MR) is 52.8 cm³/mol. The van der Waals surface area contributed by atoms with Crippen molar-refractivity contribution in [1.82, 2.24) is 5.32 Å². The number of carbonyl (C=O) groups excluding carboxylic acids is 1. The molecule has 0 spiro atoms. The predicted octanol–water partition coefficient (Wildman–Crippen LogP) is 0.717. The molecular weight excluding hydrogens is 190 g/mol. The van der Waals surface area contributed by atoms with Gasteiger partial charge in [0.2, 0.25) is 6.41 Å². The molecule has 0 aliphatic heterocycles. The van der Waals surface area contributed by atoms with Gasteiger partial charge >= 0.3 is 5.97 Å². The summed E-state index contributed by atoms with van der Waals surface area (Å²) in [6.07, 6.45) is 1.42. The third kappa shape index (κ3) is 5.52. The molecule has 0 aromatic rings. The van der Waals surface area contributed by atoms with Crippen molar-refractivity contribution >= 4 is 24.1 Å². The molecule has 13 heavy (non-hydrogen) atoms. The van der Waals surface area contributed by atoms with Crippen LogP contribution in [0.3, 0.4) is 0 Å². The minimum Gasteiger partial charge on any atom is -0.480 e. The Morgan fingerprint density at radius 3 is 2.69 bits per heavy atom. The van der Waals surface area contributed by atoms with Gasteiger partial charge in [-0.3, -0.25) is 4.79 Å². The van der Waals surface area contributed by atoms with E-state index in [0.29, 0.717) is 17.4 Å². The molecule has 0 radical (unpaired) electrons. The Balaban J connectivity index is 3.81. The van der Waals surface area contributed by atoms with E-state index in [9.17, 15) is 9.59 Å². The number of hydrogen-bond acceptors (Lipinski definition) is 3. The quantitative estimate of drug-likeness (QED) is 0.601. The minimum absolute atomic E-state index is 0.420. The van der Waals surface area contributed by atoms with E-state index < -0.39 is 12.0 Å². The van der Waals surface area contributed by atoms with Gasteiger partial charge in [-0.05, 0) is 6.42 Å². The van der Waals surface area contributed by atoms with E-state index in [4.69, 9.17) is 5.11 Å². The molecule has 0 aliphatic rings. The van der Waals surface area contributed by atoms with Gasteiger partial charge in [-0.15, -0.1) is 0 Å². The summed E-state index contributed by atoms with van der Waals surface area (Å²) in [5.74, 6) is -0.564. The molecule has 0 aromatic heterocycles. The Bertz CT molecular complexity index is 175. The molecule has 0 aromatic carbocycles. The van der Waals surface area contributed by atoms with Gasteiger partial charge in [-0.1, -0.05) is 13.8 Å². The molecule has 2 unspecified atom stereocenters. The normalized spacial score (nSPS) is 14.6. The lowest BCUT2D eigenvalue weighted by atomic mass is 10.3. The lowest BCUT2D eigenvalue weighted by molar-refractivity contribution is -0.139. The highest BCUT2D eigenvalue weighted by molar-refractivity contribution is 7.99. The van der Waals surface area contributed by atoms with Gasteiger partial charge in [0.05, 0.1) is 0 Å². The van der Waals surface area contributed by atoms with Crippen molar-refractivity contribution in [2.24, 2.45) is 0 Å². The van der Waals surface area contributed by atoms with Crippen molar-refractivity contribution in [1.29, 1.82) is 0 Å². The van der Waals surface area contributed by atoms with Crippen LogP contribution in [0.2, 0.25) is 0 Å². The maximum Gasteiger partial charge on any atom is 0.327 e. The van der Waals surface area contributed by atoms with Gasteiger partial charge in [0.15, 0.2) is 0 Å². The Labute approximate surface area is 82.1 Å². The van der Waals surface area contributed by atoms with Crippen molar-refractivity contribution in [3.63, 3.8) is 0 Å². The fourth-order valence-electron chi connectivity index (χ4n) is 0.651. The molecule has 76 valence electrons. The van der Waals surface area contributed by atoms with Crippen LogP contribution < -0.4 is 5.32 Å². The average molecular weight is 205 g/mol. The molecule has 2 atom stereocenters. The van der Waals surface area contributed by atoms with Crippen molar-refractivity contribution in [3.05, 3.63) is 0 Å². The lowest BCUT2D eigenvalue weighted by Crippen LogP contribution is -2.38. The number of carboxylic acid groups (broad SMARTS) is 1. The summed E-state index contributed by atoms with van der Waals surface area (Å²) >= 11 is 1.55. The highest BCUT2D eigenvalue weighted by atomic mass is 32.2. The summed E-state index contributed by atoms with van der Waals surface area (Å²) in [7, 11) is 0. The van der Waals surface area contributed by atoms with Crippen molar-refractivity contribution in [2.45, 2.75) is 31.6 Å². The fourth-order valence-corrected chi connectivity index (χ4v) is 1.65. The summed E-state index contributed by atoms with van der Waals surface area (Å²) in [4.78, 5) is 20.6. The number of thioether (sulfide) groups is 1. The molecule has 0 saturated carbocycles. The van der Waals surface area contributed by atoms with Gasteiger partial charge < -0.3 is 10.4 Å². The highest BCUT2D eigenvalue weighted by Gasteiger charge is 2.16. The van der Waals surface area contributed by atoms with Crippen LogP contribution >= 0.6 is 11.8 Å². The number of rotatable bonds is 7. The minimum atomic E-state index is -0.983. The summed E-state index contributed by atoms with van der Waals surface area (Å²) in [6.45, 7) is 4.07. The number of carboxylic acids is 1. The molecule has 0 bridgehead atoms. The average Bonchev–Trinajstić information content (AvgIpc) is 2.11. The SMILES string of the molecule is CCC(C)SCC(NC=O)C(=O)O. The standard InChI is InChI=1S/C8H15NO3S/c1-3-6(2)13-4-7(8(11)12)9-5-10/h5-7H,3-4H2,1-2H3,(H,9,10)(H,11,12). The first-order valence-corrected chi connectivity index (χ1v) is 5.20. The van der Waals surface area contributed by atoms with Crippen LogP contribution in [-0.2, 0) is 9.59 Å². The van der Waals surface area contributed by atoms with Crippen molar-refractivity contribution < 1.29 is 14.7 Å². The van der Waals surface area contributed by atoms with Crippen LogP contribution in [0, 0.1) is 0 Å². The molecule has 1 amide bonds. The molecular formula is C8H15NO3S. The van der Waals surface area contributed by atoms with Gasteiger partial charge in [0.1, 0.15) is 6.04 Å². The van der Waals surface area contributed by atoms with Crippen molar-refractivity contribution in [2.75, 3.05) is 5.75 Å². The first kappa shape index (κ1) is 12.3. The van der Waals surface area contributed by atoms with E-state index in [1.165, 1.54) is 0 Å². The highest BCUT2D eigenvalue weighted by Crippen LogP contribution is 2.14. The zero-order valence-electron chi connectivity index (χ0n) is 7.82. The molecule has 0 heterocycles. The monoisotopic (exact) mass is 205 g/mol. The first-order valence-electron chi connectivity index (χ1n) is 4.15. The van der Waals surface area contributed by atoms with Crippen LogP contribution in [0.15, 0.2) is 0 Å². The maximum absolute atomic E-state index is 10.6. The molecule has 0 saturated heterocycles. The van der Waals surface area contributed by atoms with Crippen molar-refractivity contribution in [3.8, 4) is 0 Å². The van der Waals surface area contributed by atoms with E-state index in [1.54, 1.807) is 11.8 Å².